The normalized spacial score (nSPS) is 18.5. The van der Waals surface area contributed by atoms with Gasteiger partial charge >= 0.3 is 18.2 Å². The van der Waals surface area contributed by atoms with Gasteiger partial charge in [-0.25, -0.2) is 9.59 Å². The van der Waals surface area contributed by atoms with Crippen LogP contribution in [0.1, 0.15) is 37.7 Å². The van der Waals surface area contributed by atoms with E-state index in [0.29, 0.717) is 19.3 Å². The molecular weight excluding hydrogens is 377 g/mol. The zero-order valence-corrected chi connectivity index (χ0v) is 15.1. The first-order valence-corrected chi connectivity index (χ1v) is 9.08. The van der Waals surface area contributed by atoms with Crippen molar-refractivity contribution in [2.75, 3.05) is 18.4 Å². The minimum Gasteiger partial charge on any atom is -0.338 e. The zero-order chi connectivity index (χ0) is 20.4. The maximum Gasteiger partial charge on any atom is 0.418 e. The van der Waals surface area contributed by atoms with Crippen molar-refractivity contribution in [1.82, 2.24) is 15.5 Å². The molecule has 1 spiro atoms. The number of imide groups is 1. The van der Waals surface area contributed by atoms with Gasteiger partial charge in [0.15, 0.2) is 0 Å². The predicted molar refractivity (Wildman–Crippen MR) is 94.5 cm³/mol. The Bertz CT molecular complexity index is 776. The molecule has 1 aliphatic heterocycles. The summed E-state index contributed by atoms with van der Waals surface area (Å²) in [6.45, 7) is 0.232. The van der Waals surface area contributed by atoms with E-state index in [2.05, 4.69) is 16.0 Å². The number of hydrogen-bond acceptors (Lipinski definition) is 3. The van der Waals surface area contributed by atoms with Gasteiger partial charge in [-0.05, 0) is 31.4 Å². The summed E-state index contributed by atoms with van der Waals surface area (Å²) in [6, 6.07) is 3.45. The minimum atomic E-state index is -4.58. The first kappa shape index (κ1) is 20.0. The van der Waals surface area contributed by atoms with Crippen LogP contribution in [0, 0.1) is 0 Å². The lowest BCUT2D eigenvalue weighted by molar-refractivity contribution is -0.137. The van der Waals surface area contributed by atoms with Crippen molar-refractivity contribution in [3.05, 3.63) is 29.8 Å². The Balaban J connectivity index is 1.47. The highest BCUT2D eigenvalue weighted by atomic mass is 19.4. The smallest absolute Gasteiger partial charge is 0.338 e. The third kappa shape index (κ3) is 4.05. The summed E-state index contributed by atoms with van der Waals surface area (Å²) in [5.41, 5.74) is -2.06. The maximum absolute atomic E-state index is 12.9. The quantitative estimate of drug-likeness (QED) is 0.526. The fourth-order valence-corrected chi connectivity index (χ4v) is 3.64. The molecule has 2 aliphatic rings. The Kier molecular flexibility index (Phi) is 5.48. The van der Waals surface area contributed by atoms with E-state index in [9.17, 15) is 27.6 Å². The molecule has 1 saturated carbocycles. The van der Waals surface area contributed by atoms with E-state index in [1.54, 1.807) is 0 Å². The van der Waals surface area contributed by atoms with E-state index in [-0.39, 0.29) is 24.7 Å². The lowest BCUT2D eigenvalue weighted by atomic mass is 9.98. The van der Waals surface area contributed by atoms with Gasteiger partial charge < -0.3 is 16.0 Å². The van der Waals surface area contributed by atoms with Gasteiger partial charge in [-0.2, -0.15) is 13.2 Å². The molecule has 1 saturated heterocycles. The number of halogens is 3. The first-order chi connectivity index (χ1) is 13.2. The number of alkyl halides is 3. The van der Waals surface area contributed by atoms with Crippen LogP contribution < -0.4 is 16.0 Å². The van der Waals surface area contributed by atoms with Crippen molar-refractivity contribution in [2.24, 2.45) is 0 Å². The Hall–Kier alpha value is -2.78. The Labute approximate surface area is 159 Å². The summed E-state index contributed by atoms with van der Waals surface area (Å²) in [7, 11) is 0. The molecule has 0 aromatic heterocycles. The Morgan fingerprint density at radius 2 is 1.86 bits per heavy atom. The second kappa shape index (κ2) is 7.69. The number of urea groups is 2. The van der Waals surface area contributed by atoms with Gasteiger partial charge in [-0.1, -0.05) is 25.0 Å². The van der Waals surface area contributed by atoms with Gasteiger partial charge in [-0.3, -0.25) is 9.69 Å². The lowest BCUT2D eigenvalue weighted by Crippen LogP contribution is -2.44. The van der Waals surface area contributed by atoms with Crippen molar-refractivity contribution >= 4 is 23.7 Å². The third-order valence-electron chi connectivity index (χ3n) is 5.03. The number of nitrogens with zero attached hydrogens (tertiary/aromatic N) is 1. The fourth-order valence-electron chi connectivity index (χ4n) is 3.64. The number of rotatable bonds is 5. The van der Waals surface area contributed by atoms with Crippen LogP contribution in [0.15, 0.2) is 24.3 Å². The number of benzene rings is 1. The van der Waals surface area contributed by atoms with E-state index in [1.165, 1.54) is 12.1 Å². The third-order valence-corrected chi connectivity index (χ3v) is 5.03. The van der Waals surface area contributed by atoms with E-state index >= 15 is 0 Å². The Morgan fingerprint density at radius 1 is 1.18 bits per heavy atom. The van der Waals surface area contributed by atoms with Gasteiger partial charge in [-0.15, -0.1) is 0 Å². The SMILES string of the molecule is O=C(NCCCN1C(=O)NC2(CCCC2)C1=O)Nc1ccccc1C(F)(F)F. The van der Waals surface area contributed by atoms with E-state index < -0.39 is 29.3 Å². The summed E-state index contributed by atoms with van der Waals surface area (Å²) < 4.78 is 38.8. The molecule has 5 amide bonds. The number of anilines is 1. The van der Waals surface area contributed by atoms with Crippen molar-refractivity contribution < 1.29 is 27.6 Å². The number of para-hydroxylation sites is 1. The molecular formula is C18H21F3N4O3. The monoisotopic (exact) mass is 398 g/mol. The maximum atomic E-state index is 12.9. The molecule has 0 bridgehead atoms. The van der Waals surface area contributed by atoms with Gasteiger partial charge in [0.05, 0.1) is 11.3 Å². The van der Waals surface area contributed by atoms with Gasteiger partial charge in [0, 0.05) is 13.1 Å². The van der Waals surface area contributed by atoms with E-state index in [4.69, 9.17) is 0 Å². The van der Waals surface area contributed by atoms with Crippen LogP contribution in [0.3, 0.4) is 0 Å². The molecule has 2 fully saturated rings. The van der Waals surface area contributed by atoms with Crippen molar-refractivity contribution in [3.8, 4) is 0 Å². The molecule has 1 aliphatic carbocycles. The highest BCUT2D eigenvalue weighted by Gasteiger charge is 2.52. The van der Waals surface area contributed by atoms with Crippen LogP contribution in [-0.4, -0.2) is 41.5 Å². The molecule has 3 N–H and O–H groups in total. The summed E-state index contributed by atoms with van der Waals surface area (Å²) in [5.74, 6) is -0.237. The number of hydrogen-bond donors (Lipinski definition) is 3. The number of nitrogens with one attached hydrogen (secondary N) is 3. The molecule has 0 radical (unpaired) electrons. The summed E-state index contributed by atoms with van der Waals surface area (Å²) >= 11 is 0. The average molecular weight is 398 g/mol. The molecule has 28 heavy (non-hydrogen) atoms. The van der Waals surface area contributed by atoms with Crippen LogP contribution in [0.25, 0.3) is 0 Å². The molecule has 3 rings (SSSR count). The van der Waals surface area contributed by atoms with Gasteiger partial charge in [0.2, 0.25) is 0 Å². The van der Waals surface area contributed by atoms with Gasteiger partial charge in [0.25, 0.3) is 5.91 Å². The number of amides is 5. The average Bonchev–Trinajstić information content (AvgIpc) is 3.18. The number of carbonyl (C=O) groups excluding carboxylic acids is 3. The molecule has 0 atom stereocenters. The van der Waals surface area contributed by atoms with Crippen LogP contribution >= 0.6 is 0 Å². The number of carbonyl (C=O) groups is 3. The highest BCUT2D eigenvalue weighted by molar-refractivity contribution is 6.07. The predicted octanol–water partition coefficient (Wildman–Crippen LogP) is 3.08. The minimum absolute atomic E-state index is 0.101. The molecule has 0 unspecified atom stereocenters. The molecule has 10 heteroatoms. The van der Waals surface area contributed by atoms with Crippen molar-refractivity contribution in [1.29, 1.82) is 0 Å². The summed E-state index contributed by atoms with van der Waals surface area (Å²) in [6.07, 6.45) is -1.24. The van der Waals surface area contributed by atoms with Crippen molar-refractivity contribution in [3.63, 3.8) is 0 Å². The summed E-state index contributed by atoms with van der Waals surface area (Å²) in [5, 5.41) is 7.37. The second-order valence-electron chi connectivity index (χ2n) is 6.95. The molecule has 1 heterocycles. The highest BCUT2D eigenvalue weighted by Crippen LogP contribution is 2.35. The standard InChI is InChI=1S/C18H21F3N4O3/c19-18(20,21)12-6-1-2-7-13(12)23-15(27)22-10-5-11-25-14(26)17(24-16(25)28)8-3-4-9-17/h1-2,6-7H,3-5,8-11H2,(H,24,28)(H2,22,23,27). The molecule has 152 valence electrons. The van der Waals surface area contributed by atoms with E-state index in [1.807, 2.05) is 0 Å². The van der Waals surface area contributed by atoms with Crippen LogP contribution in [0.2, 0.25) is 0 Å². The fraction of sp³-hybridized carbons (Fsp3) is 0.500. The van der Waals surface area contributed by atoms with Crippen LogP contribution in [0.5, 0.6) is 0 Å². The summed E-state index contributed by atoms with van der Waals surface area (Å²) in [4.78, 5) is 37.5. The second-order valence-corrected chi connectivity index (χ2v) is 6.95. The lowest BCUT2D eigenvalue weighted by Gasteiger charge is -2.20. The van der Waals surface area contributed by atoms with Crippen LogP contribution in [0.4, 0.5) is 28.4 Å². The topological polar surface area (TPSA) is 90.5 Å². The van der Waals surface area contributed by atoms with E-state index in [0.717, 1.165) is 29.9 Å². The molecule has 1 aromatic rings. The van der Waals surface area contributed by atoms with Crippen molar-refractivity contribution in [2.45, 2.75) is 43.8 Å². The Morgan fingerprint density at radius 3 is 2.54 bits per heavy atom. The zero-order valence-electron chi connectivity index (χ0n) is 15.1. The first-order valence-electron chi connectivity index (χ1n) is 9.08. The molecule has 1 aromatic carbocycles. The largest absolute Gasteiger partial charge is 0.418 e. The van der Waals surface area contributed by atoms with Crippen LogP contribution in [-0.2, 0) is 11.0 Å². The molecule has 7 nitrogen and oxygen atoms in total. The van der Waals surface area contributed by atoms with Gasteiger partial charge in [0.1, 0.15) is 5.54 Å².